The van der Waals surface area contributed by atoms with E-state index >= 15 is 0 Å². The van der Waals surface area contributed by atoms with Gasteiger partial charge >= 0.3 is 0 Å². The molecule has 0 aliphatic rings. The monoisotopic (exact) mass is 753 g/mol. The van der Waals surface area contributed by atoms with E-state index in [0.29, 0.717) is 0 Å². The van der Waals surface area contributed by atoms with E-state index in [1.54, 1.807) is 0 Å². The lowest BCUT2D eigenvalue weighted by Gasteiger charge is -2.27. The molecule has 10 aromatic rings. The number of rotatable bonds is 10. The third kappa shape index (κ3) is 7.43. The van der Waals surface area contributed by atoms with Crippen molar-refractivity contribution in [3.05, 3.63) is 259 Å². The number of hydrogen-bond donors (Lipinski definition) is 0. The van der Waals surface area contributed by atoms with E-state index in [0.717, 1.165) is 17.8 Å². The van der Waals surface area contributed by atoms with Crippen LogP contribution in [0.15, 0.2) is 243 Å². The maximum Gasteiger partial charge on any atom is 0.0540 e. The summed E-state index contributed by atoms with van der Waals surface area (Å²) >= 11 is 0. The Kier molecular flexibility index (Phi) is 9.84. The highest BCUT2D eigenvalue weighted by molar-refractivity contribution is 5.99. The summed E-state index contributed by atoms with van der Waals surface area (Å²) in [5, 5.41) is 5.07. The minimum Gasteiger partial charge on any atom is -0.310 e. The third-order valence-electron chi connectivity index (χ3n) is 11.7. The third-order valence-corrected chi connectivity index (χ3v) is 11.7. The van der Waals surface area contributed by atoms with E-state index in [4.69, 9.17) is 0 Å². The van der Waals surface area contributed by atoms with E-state index in [1.165, 1.54) is 77.3 Å². The van der Waals surface area contributed by atoms with Crippen LogP contribution in [-0.2, 0) is 6.42 Å². The molecule has 0 aliphatic heterocycles. The average Bonchev–Trinajstić information content (AvgIpc) is 3.32. The van der Waals surface area contributed by atoms with Crippen molar-refractivity contribution in [1.29, 1.82) is 0 Å². The van der Waals surface area contributed by atoms with Gasteiger partial charge in [0.1, 0.15) is 0 Å². The Labute approximate surface area is 347 Å². The van der Waals surface area contributed by atoms with Crippen LogP contribution in [0, 0.1) is 0 Å². The first kappa shape index (κ1) is 35.9. The second kappa shape index (κ2) is 16.2. The maximum atomic E-state index is 2.35. The highest BCUT2D eigenvalue weighted by Gasteiger charge is 2.18. The van der Waals surface area contributed by atoms with Gasteiger partial charge in [-0.1, -0.05) is 212 Å². The number of fused-ring (bicyclic) bond motifs is 2. The molecule has 0 fully saturated rings. The first-order chi connectivity index (χ1) is 29.2. The molecule has 0 aromatic heterocycles. The summed E-state index contributed by atoms with van der Waals surface area (Å²) in [6.45, 7) is 0. The smallest absolute Gasteiger partial charge is 0.0540 e. The number of benzene rings is 10. The summed E-state index contributed by atoms with van der Waals surface area (Å²) in [5.41, 5.74) is 14.7. The fourth-order valence-corrected chi connectivity index (χ4v) is 8.64. The van der Waals surface area contributed by atoms with Gasteiger partial charge in [0.15, 0.2) is 0 Å². The zero-order valence-electron chi connectivity index (χ0n) is 32.8. The first-order valence-electron chi connectivity index (χ1n) is 20.5. The molecule has 0 aliphatic carbocycles. The number of hydrogen-bond acceptors (Lipinski definition) is 1. The summed E-state index contributed by atoms with van der Waals surface area (Å²) in [5.74, 6) is 0.268. The van der Waals surface area contributed by atoms with E-state index in [-0.39, 0.29) is 5.92 Å². The van der Waals surface area contributed by atoms with Crippen LogP contribution in [0.3, 0.4) is 0 Å². The fourth-order valence-electron chi connectivity index (χ4n) is 8.64. The van der Waals surface area contributed by atoms with Gasteiger partial charge in [-0.2, -0.15) is 0 Å². The molecular formula is C58H43N. The molecule has 0 saturated heterocycles. The predicted molar refractivity (Wildman–Crippen MR) is 251 cm³/mol. The molecule has 0 saturated carbocycles. The topological polar surface area (TPSA) is 3.24 Å². The second-order valence-corrected chi connectivity index (χ2v) is 15.3. The number of nitrogens with zero attached hydrogens (tertiary/aromatic N) is 1. The van der Waals surface area contributed by atoms with Crippen molar-refractivity contribution in [3.63, 3.8) is 0 Å². The molecule has 10 aromatic carbocycles. The minimum atomic E-state index is 0.268. The molecule has 10 rings (SSSR count). The molecule has 0 bridgehead atoms. The first-order valence-corrected chi connectivity index (χ1v) is 20.5. The molecule has 59 heavy (non-hydrogen) atoms. The number of anilines is 3. The van der Waals surface area contributed by atoms with Crippen molar-refractivity contribution in [2.75, 3.05) is 4.90 Å². The van der Waals surface area contributed by atoms with Gasteiger partial charge in [0.25, 0.3) is 0 Å². The molecule has 0 heterocycles. The van der Waals surface area contributed by atoms with Crippen molar-refractivity contribution in [3.8, 4) is 33.4 Å². The Balaban J connectivity index is 0.854. The van der Waals surface area contributed by atoms with Gasteiger partial charge in [0.2, 0.25) is 0 Å². The van der Waals surface area contributed by atoms with Gasteiger partial charge in [-0.3, -0.25) is 0 Å². The normalized spacial score (nSPS) is 11.7. The Bertz CT molecular complexity index is 2960. The lowest BCUT2D eigenvalue weighted by molar-refractivity contribution is 0.812. The van der Waals surface area contributed by atoms with Crippen molar-refractivity contribution < 1.29 is 0 Å². The lowest BCUT2D eigenvalue weighted by atomic mass is 9.83. The van der Waals surface area contributed by atoms with Gasteiger partial charge < -0.3 is 4.90 Å². The van der Waals surface area contributed by atoms with Crippen molar-refractivity contribution >= 4 is 38.6 Å². The summed E-state index contributed by atoms with van der Waals surface area (Å²) < 4.78 is 0. The van der Waals surface area contributed by atoms with E-state index in [2.05, 4.69) is 248 Å². The molecule has 1 heteroatoms. The van der Waals surface area contributed by atoms with Gasteiger partial charge in [-0.15, -0.1) is 0 Å². The van der Waals surface area contributed by atoms with Crippen LogP contribution in [0.1, 0.15) is 22.6 Å². The summed E-state index contributed by atoms with van der Waals surface area (Å²) in [4.78, 5) is 2.35. The minimum absolute atomic E-state index is 0.268. The summed E-state index contributed by atoms with van der Waals surface area (Å²) in [7, 11) is 0. The Morgan fingerprint density at radius 3 is 1.29 bits per heavy atom. The SMILES string of the molecule is c1ccc(C(Cc2ccc(-c3ccc(-c4ccc(-c5ccc(N(c6ccccc6)c6cccc7ccccc67)cc5)cc4)cc3)cc2)c2cccc3ccccc23)cc1. The summed E-state index contributed by atoms with van der Waals surface area (Å²) in [6.07, 6.45) is 0.939. The quantitative estimate of drug-likeness (QED) is 0.134. The molecule has 280 valence electrons. The molecule has 1 nitrogen and oxygen atoms in total. The Hall–Kier alpha value is -7.48. The molecule has 1 unspecified atom stereocenters. The number of para-hydroxylation sites is 1. The molecular weight excluding hydrogens is 711 g/mol. The standard InChI is InChI=1S/C58H43N/c1-3-13-51(14-4-1)57(56-23-11-17-49-15-7-9-21-54(49)56)41-42-25-27-43(28-26-42)44-29-31-45(32-30-44)46-33-35-47(36-34-46)48-37-39-53(40-38-48)59(52-19-5-2-6-20-52)58-24-12-18-50-16-8-10-22-55(50)58/h1-40,57H,41H2. The van der Waals surface area contributed by atoms with Crippen LogP contribution >= 0.6 is 0 Å². The van der Waals surface area contributed by atoms with Crippen molar-refractivity contribution in [2.24, 2.45) is 0 Å². The van der Waals surface area contributed by atoms with Gasteiger partial charge in [-0.05, 0) is 103 Å². The molecule has 0 spiro atoms. The van der Waals surface area contributed by atoms with Crippen LogP contribution in [0.2, 0.25) is 0 Å². The van der Waals surface area contributed by atoms with E-state index in [1.807, 2.05) is 0 Å². The van der Waals surface area contributed by atoms with Crippen LogP contribution in [0.5, 0.6) is 0 Å². The van der Waals surface area contributed by atoms with E-state index in [9.17, 15) is 0 Å². The Morgan fingerprint density at radius 1 is 0.305 bits per heavy atom. The lowest BCUT2D eigenvalue weighted by Crippen LogP contribution is -2.10. The predicted octanol–water partition coefficient (Wildman–Crippen LogP) is 15.8. The van der Waals surface area contributed by atoms with Crippen LogP contribution in [0.25, 0.3) is 54.9 Å². The molecule has 0 N–H and O–H groups in total. The van der Waals surface area contributed by atoms with Gasteiger partial charge in [-0.25, -0.2) is 0 Å². The van der Waals surface area contributed by atoms with Crippen molar-refractivity contribution in [1.82, 2.24) is 0 Å². The van der Waals surface area contributed by atoms with Crippen LogP contribution in [-0.4, -0.2) is 0 Å². The molecule has 0 amide bonds. The molecule has 0 radical (unpaired) electrons. The van der Waals surface area contributed by atoms with Crippen molar-refractivity contribution in [2.45, 2.75) is 12.3 Å². The Morgan fingerprint density at radius 2 is 0.712 bits per heavy atom. The second-order valence-electron chi connectivity index (χ2n) is 15.3. The van der Waals surface area contributed by atoms with E-state index < -0.39 is 0 Å². The highest BCUT2D eigenvalue weighted by atomic mass is 15.1. The molecule has 1 atom stereocenters. The average molecular weight is 754 g/mol. The fraction of sp³-hybridized carbons (Fsp3) is 0.0345. The largest absolute Gasteiger partial charge is 0.310 e. The van der Waals surface area contributed by atoms with Gasteiger partial charge in [0.05, 0.1) is 5.69 Å². The van der Waals surface area contributed by atoms with Crippen LogP contribution < -0.4 is 4.90 Å². The zero-order valence-corrected chi connectivity index (χ0v) is 32.8. The zero-order chi connectivity index (χ0) is 39.4. The maximum absolute atomic E-state index is 2.35. The van der Waals surface area contributed by atoms with Gasteiger partial charge in [0, 0.05) is 22.7 Å². The highest BCUT2D eigenvalue weighted by Crippen LogP contribution is 2.40. The summed E-state index contributed by atoms with van der Waals surface area (Å²) in [6, 6.07) is 88.1. The van der Waals surface area contributed by atoms with Crippen LogP contribution in [0.4, 0.5) is 17.1 Å².